The van der Waals surface area contributed by atoms with Crippen molar-refractivity contribution in [2.75, 3.05) is 32.1 Å². The fourth-order valence-electron chi connectivity index (χ4n) is 2.72. The average molecular weight is 303 g/mol. The van der Waals surface area contributed by atoms with Gasteiger partial charge in [-0.1, -0.05) is 12.1 Å². The first kappa shape index (κ1) is 16.3. The number of anilines is 1. The van der Waals surface area contributed by atoms with Crippen molar-refractivity contribution >= 4 is 17.5 Å². The van der Waals surface area contributed by atoms with E-state index in [4.69, 9.17) is 0 Å². The molecule has 1 fully saturated rings. The molecule has 0 spiro atoms. The van der Waals surface area contributed by atoms with Gasteiger partial charge in [0.1, 0.15) is 0 Å². The summed E-state index contributed by atoms with van der Waals surface area (Å²) in [4.78, 5) is 27.5. The summed E-state index contributed by atoms with van der Waals surface area (Å²) in [6, 6.07) is 8.13. The van der Waals surface area contributed by atoms with Crippen LogP contribution in [0.1, 0.15) is 25.3 Å². The molecule has 1 aliphatic rings. The maximum Gasteiger partial charge on any atom is 0.225 e. The maximum atomic E-state index is 12.3. The molecule has 2 rings (SSSR count). The molecular formula is C17H25N3O2. The van der Waals surface area contributed by atoms with Gasteiger partial charge in [0.2, 0.25) is 11.8 Å². The average Bonchev–Trinajstić information content (AvgIpc) is 2.53. The second-order valence-corrected chi connectivity index (χ2v) is 6.08. The number of hydrogen-bond donors (Lipinski definition) is 1. The van der Waals surface area contributed by atoms with Gasteiger partial charge in [0, 0.05) is 46.3 Å². The number of hydrogen-bond acceptors (Lipinski definition) is 3. The third kappa shape index (κ3) is 4.23. The Morgan fingerprint density at radius 2 is 1.95 bits per heavy atom. The predicted octanol–water partition coefficient (Wildman–Crippen LogP) is 1.63. The lowest BCUT2D eigenvalue weighted by Gasteiger charge is -2.31. The van der Waals surface area contributed by atoms with Gasteiger partial charge >= 0.3 is 0 Å². The first-order chi connectivity index (χ1) is 10.5. The molecular weight excluding hydrogens is 278 g/mol. The van der Waals surface area contributed by atoms with E-state index in [9.17, 15) is 9.59 Å². The number of nitrogens with one attached hydrogen (secondary N) is 1. The van der Waals surface area contributed by atoms with Crippen LogP contribution in [-0.2, 0) is 16.1 Å². The summed E-state index contributed by atoms with van der Waals surface area (Å²) < 4.78 is 0. The molecule has 0 bridgehead atoms. The second kappa shape index (κ2) is 7.29. The third-order valence-corrected chi connectivity index (χ3v) is 4.16. The summed E-state index contributed by atoms with van der Waals surface area (Å²) in [6.45, 7) is 3.40. The number of carbonyl (C=O) groups is 2. The lowest BCUT2D eigenvalue weighted by molar-refractivity contribution is -0.134. The van der Waals surface area contributed by atoms with Crippen LogP contribution >= 0.6 is 0 Å². The van der Waals surface area contributed by atoms with Gasteiger partial charge in [-0.25, -0.2) is 0 Å². The number of rotatable bonds is 4. The van der Waals surface area contributed by atoms with E-state index in [1.165, 1.54) is 0 Å². The van der Waals surface area contributed by atoms with Crippen molar-refractivity contribution in [3.8, 4) is 0 Å². The summed E-state index contributed by atoms with van der Waals surface area (Å²) in [7, 11) is 4.00. The van der Waals surface area contributed by atoms with Gasteiger partial charge in [-0.3, -0.25) is 9.59 Å². The van der Waals surface area contributed by atoms with Gasteiger partial charge in [-0.15, -0.1) is 0 Å². The van der Waals surface area contributed by atoms with Crippen LogP contribution in [0.3, 0.4) is 0 Å². The number of nitrogens with zero attached hydrogens (tertiary/aromatic N) is 2. The van der Waals surface area contributed by atoms with Crippen LogP contribution in [0.25, 0.3) is 0 Å². The largest absolute Gasteiger partial charge is 0.378 e. The van der Waals surface area contributed by atoms with Gasteiger partial charge in [0.25, 0.3) is 0 Å². The summed E-state index contributed by atoms with van der Waals surface area (Å²) in [5.74, 6) is 0.0121. The lowest BCUT2D eigenvalue weighted by Crippen LogP contribution is -2.44. The van der Waals surface area contributed by atoms with Crippen molar-refractivity contribution in [2.45, 2.75) is 26.3 Å². The monoisotopic (exact) mass is 303 g/mol. The van der Waals surface area contributed by atoms with Gasteiger partial charge in [-0.2, -0.15) is 0 Å². The van der Waals surface area contributed by atoms with Crippen molar-refractivity contribution in [3.63, 3.8) is 0 Å². The van der Waals surface area contributed by atoms with E-state index < -0.39 is 0 Å². The van der Waals surface area contributed by atoms with E-state index >= 15 is 0 Å². The lowest BCUT2D eigenvalue weighted by atomic mass is 9.97. The molecule has 0 radical (unpaired) electrons. The zero-order valence-corrected chi connectivity index (χ0v) is 13.6. The molecule has 5 nitrogen and oxygen atoms in total. The maximum absolute atomic E-state index is 12.3. The molecule has 5 heteroatoms. The molecule has 0 aromatic heterocycles. The minimum atomic E-state index is -0.0845. The zero-order valence-electron chi connectivity index (χ0n) is 13.6. The molecule has 1 aromatic carbocycles. The van der Waals surface area contributed by atoms with Crippen molar-refractivity contribution in [3.05, 3.63) is 29.8 Å². The predicted molar refractivity (Wildman–Crippen MR) is 87.6 cm³/mol. The summed E-state index contributed by atoms with van der Waals surface area (Å²) in [6.07, 6.45) is 1.75. The summed E-state index contributed by atoms with van der Waals surface area (Å²) >= 11 is 0. The Balaban J connectivity index is 1.85. The van der Waals surface area contributed by atoms with Crippen LogP contribution in [-0.4, -0.2) is 43.9 Å². The highest BCUT2D eigenvalue weighted by Crippen LogP contribution is 2.17. The highest BCUT2D eigenvalue weighted by Gasteiger charge is 2.26. The normalized spacial score (nSPS) is 18.0. The Morgan fingerprint density at radius 3 is 2.55 bits per heavy atom. The topological polar surface area (TPSA) is 52.7 Å². The van der Waals surface area contributed by atoms with Crippen LogP contribution in [0.2, 0.25) is 0 Å². The Kier molecular flexibility index (Phi) is 5.41. The molecule has 2 amide bonds. The van der Waals surface area contributed by atoms with Gasteiger partial charge in [0.05, 0.1) is 5.92 Å². The second-order valence-electron chi connectivity index (χ2n) is 6.08. The summed E-state index contributed by atoms with van der Waals surface area (Å²) in [5.41, 5.74) is 2.22. The molecule has 22 heavy (non-hydrogen) atoms. The molecule has 0 aliphatic carbocycles. The highest BCUT2D eigenvalue weighted by molar-refractivity contribution is 5.80. The Hall–Kier alpha value is -2.04. The first-order valence-corrected chi connectivity index (χ1v) is 7.77. The standard InChI is InChI=1S/C17H25N3O2/c1-13(21)20-10-4-5-15(12-20)17(22)18-11-14-6-8-16(9-7-14)19(2)3/h6-9,15H,4-5,10-12H2,1-3H3,(H,18,22)/t15-/m1/s1. The molecule has 1 N–H and O–H groups in total. The fourth-order valence-corrected chi connectivity index (χ4v) is 2.72. The third-order valence-electron chi connectivity index (χ3n) is 4.16. The van der Waals surface area contributed by atoms with E-state index in [1.54, 1.807) is 11.8 Å². The van der Waals surface area contributed by atoms with Gasteiger partial charge < -0.3 is 15.1 Å². The smallest absolute Gasteiger partial charge is 0.225 e. The molecule has 1 atom stereocenters. The molecule has 1 saturated heterocycles. The van der Waals surface area contributed by atoms with Gasteiger partial charge in [0.15, 0.2) is 0 Å². The number of carbonyl (C=O) groups excluding carboxylic acids is 2. The fraction of sp³-hybridized carbons (Fsp3) is 0.529. The van der Waals surface area contributed by atoms with Crippen molar-refractivity contribution in [1.29, 1.82) is 0 Å². The summed E-state index contributed by atoms with van der Waals surface area (Å²) in [5, 5.41) is 2.99. The molecule has 1 heterocycles. The Labute approximate surface area is 132 Å². The van der Waals surface area contributed by atoms with Crippen molar-refractivity contribution in [2.24, 2.45) is 5.92 Å². The van der Waals surface area contributed by atoms with Crippen LogP contribution in [0.15, 0.2) is 24.3 Å². The van der Waals surface area contributed by atoms with E-state index in [0.717, 1.165) is 30.6 Å². The van der Waals surface area contributed by atoms with Crippen LogP contribution in [0.4, 0.5) is 5.69 Å². The minimum absolute atomic E-state index is 0.0441. The van der Waals surface area contributed by atoms with Crippen molar-refractivity contribution < 1.29 is 9.59 Å². The van der Waals surface area contributed by atoms with E-state index in [0.29, 0.717) is 13.1 Å². The van der Waals surface area contributed by atoms with Crippen LogP contribution < -0.4 is 10.2 Å². The number of piperidine rings is 1. The number of benzene rings is 1. The first-order valence-electron chi connectivity index (χ1n) is 7.77. The molecule has 1 aromatic rings. The highest BCUT2D eigenvalue weighted by atomic mass is 16.2. The van der Waals surface area contributed by atoms with E-state index in [-0.39, 0.29) is 17.7 Å². The SMILES string of the molecule is CC(=O)N1CCC[C@@H](C(=O)NCc2ccc(N(C)C)cc2)C1. The van der Waals surface area contributed by atoms with Crippen LogP contribution in [0, 0.1) is 5.92 Å². The quantitative estimate of drug-likeness (QED) is 0.920. The molecule has 1 aliphatic heterocycles. The molecule has 0 unspecified atom stereocenters. The Morgan fingerprint density at radius 1 is 1.27 bits per heavy atom. The van der Waals surface area contributed by atoms with Crippen LogP contribution in [0.5, 0.6) is 0 Å². The van der Waals surface area contributed by atoms with E-state index in [1.807, 2.05) is 43.3 Å². The van der Waals surface area contributed by atoms with Crippen molar-refractivity contribution in [1.82, 2.24) is 10.2 Å². The number of amides is 2. The van der Waals surface area contributed by atoms with E-state index in [2.05, 4.69) is 5.32 Å². The minimum Gasteiger partial charge on any atom is -0.378 e. The number of likely N-dealkylation sites (tertiary alicyclic amines) is 1. The molecule has 120 valence electrons. The zero-order chi connectivity index (χ0) is 16.1. The Bertz CT molecular complexity index is 525. The molecule has 0 saturated carbocycles. The van der Waals surface area contributed by atoms with Gasteiger partial charge in [-0.05, 0) is 30.5 Å².